The summed E-state index contributed by atoms with van der Waals surface area (Å²) in [7, 11) is 3.61. The average Bonchev–Trinajstić information content (AvgIpc) is 2.26. The molecule has 0 aromatic heterocycles. The molecule has 1 aromatic rings. The molecule has 0 bridgehead atoms. The van der Waals surface area contributed by atoms with Crippen LogP contribution in [-0.2, 0) is 4.79 Å². The van der Waals surface area contributed by atoms with Crippen molar-refractivity contribution < 1.29 is 9.90 Å². The lowest BCUT2D eigenvalue weighted by Crippen LogP contribution is -2.20. The van der Waals surface area contributed by atoms with Crippen molar-refractivity contribution in [1.29, 1.82) is 0 Å². The van der Waals surface area contributed by atoms with Crippen LogP contribution < -0.4 is 0 Å². The first-order chi connectivity index (χ1) is 7.52. The third-order valence-corrected chi connectivity index (χ3v) is 3.84. The second kappa shape index (κ2) is 5.86. The highest BCUT2D eigenvalue weighted by Crippen LogP contribution is 2.30. The van der Waals surface area contributed by atoms with Crippen LogP contribution in [0, 0.1) is 0 Å². The lowest BCUT2D eigenvalue weighted by atomic mass is 10.1. The Hall–Kier alpha value is -1.07. The van der Waals surface area contributed by atoms with E-state index in [1.807, 2.05) is 18.2 Å². The smallest absolute Gasteiger partial charge is 0.321 e. The Kier molecular flexibility index (Phi) is 4.76. The van der Waals surface area contributed by atoms with Crippen molar-refractivity contribution in [3.8, 4) is 0 Å². The average molecular weight is 255 g/mol. The predicted octanol–water partition coefficient (Wildman–Crippen LogP) is 2.39. The summed E-state index contributed by atoms with van der Waals surface area (Å²) < 4.78 is 0.566. The van der Waals surface area contributed by atoms with Gasteiger partial charge in [0.25, 0.3) is 0 Å². The van der Waals surface area contributed by atoms with Gasteiger partial charge in [0.05, 0.1) is 0 Å². The van der Waals surface area contributed by atoms with Gasteiger partial charge in [-0.25, -0.2) is 0 Å². The van der Waals surface area contributed by atoms with Gasteiger partial charge in [-0.05, 0) is 5.56 Å². The fourth-order valence-corrected chi connectivity index (χ4v) is 2.19. The minimum Gasteiger partial charge on any atom is -0.480 e. The van der Waals surface area contributed by atoms with E-state index < -0.39 is 11.2 Å². The number of carbonyl (C=O) groups is 1. The zero-order valence-electron chi connectivity index (χ0n) is 9.08. The topological polar surface area (TPSA) is 40.5 Å². The maximum absolute atomic E-state index is 11.2. The molecule has 0 aliphatic heterocycles. The fraction of sp³-hybridized carbons (Fsp3) is 0.273. The molecule has 1 atom stereocenters. The Labute approximate surface area is 104 Å². The summed E-state index contributed by atoms with van der Waals surface area (Å²) in [5.74, 6) is -0.875. The van der Waals surface area contributed by atoms with Gasteiger partial charge in [0.1, 0.15) is 9.57 Å². The molecule has 0 unspecified atom stereocenters. The molecule has 0 fully saturated rings. The zero-order chi connectivity index (χ0) is 12.1. The van der Waals surface area contributed by atoms with Crippen molar-refractivity contribution in [2.75, 3.05) is 14.1 Å². The number of rotatable bonds is 3. The van der Waals surface area contributed by atoms with Gasteiger partial charge in [-0.1, -0.05) is 54.3 Å². The molecule has 5 heteroatoms. The molecule has 0 saturated carbocycles. The second-order valence-corrected chi connectivity index (χ2v) is 5.15. The highest BCUT2D eigenvalue weighted by Gasteiger charge is 2.22. The number of aliphatic carboxylic acids is 1. The van der Waals surface area contributed by atoms with Gasteiger partial charge in [0, 0.05) is 14.1 Å². The third-order valence-electron chi connectivity index (χ3n) is 1.91. The summed E-state index contributed by atoms with van der Waals surface area (Å²) >= 11 is 6.27. The molecule has 0 spiro atoms. The molecule has 3 nitrogen and oxygen atoms in total. The molecule has 0 saturated heterocycles. The number of hydrogen-bond donors (Lipinski definition) is 1. The van der Waals surface area contributed by atoms with Crippen LogP contribution in [0.5, 0.6) is 0 Å². The molecular formula is C11H13NO2S2. The summed E-state index contributed by atoms with van der Waals surface area (Å²) in [4.78, 5) is 12.9. The van der Waals surface area contributed by atoms with E-state index in [2.05, 4.69) is 0 Å². The van der Waals surface area contributed by atoms with E-state index in [9.17, 15) is 4.79 Å². The quantitative estimate of drug-likeness (QED) is 0.840. The summed E-state index contributed by atoms with van der Waals surface area (Å²) in [6.07, 6.45) is 0. The molecule has 1 aromatic carbocycles. The van der Waals surface area contributed by atoms with Gasteiger partial charge < -0.3 is 10.0 Å². The summed E-state index contributed by atoms with van der Waals surface area (Å²) in [5.41, 5.74) is 0.754. The first kappa shape index (κ1) is 13.0. The van der Waals surface area contributed by atoms with E-state index in [4.69, 9.17) is 17.3 Å². The monoisotopic (exact) mass is 255 g/mol. The minimum atomic E-state index is -0.875. The van der Waals surface area contributed by atoms with Crippen LogP contribution in [0.4, 0.5) is 0 Å². The predicted molar refractivity (Wildman–Crippen MR) is 70.7 cm³/mol. The van der Waals surface area contributed by atoms with Gasteiger partial charge >= 0.3 is 5.97 Å². The highest BCUT2D eigenvalue weighted by molar-refractivity contribution is 8.23. The van der Waals surface area contributed by atoms with E-state index in [0.717, 1.165) is 5.56 Å². The maximum atomic E-state index is 11.2. The number of nitrogens with zero attached hydrogens (tertiary/aromatic N) is 1. The molecule has 0 aliphatic carbocycles. The van der Waals surface area contributed by atoms with E-state index in [1.54, 1.807) is 31.1 Å². The maximum Gasteiger partial charge on any atom is 0.321 e. The Morgan fingerprint density at radius 2 is 1.94 bits per heavy atom. The third kappa shape index (κ3) is 3.50. The number of thioether (sulfide) groups is 1. The number of hydrogen-bond acceptors (Lipinski definition) is 3. The number of benzene rings is 1. The van der Waals surface area contributed by atoms with Crippen LogP contribution in [0.15, 0.2) is 30.3 Å². The Morgan fingerprint density at radius 1 is 1.38 bits per heavy atom. The van der Waals surface area contributed by atoms with Crippen LogP contribution in [0.25, 0.3) is 0 Å². The van der Waals surface area contributed by atoms with Crippen LogP contribution >= 0.6 is 24.0 Å². The Bertz CT molecular complexity index is 379. The van der Waals surface area contributed by atoms with E-state index in [0.29, 0.717) is 4.32 Å². The normalized spacial score (nSPS) is 11.9. The van der Waals surface area contributed by atoms with Crippen molar-refractivity contribution in [2.45, 2.75) is 5.25 Å². The second-order valence-electron chi connectivity index (χ2n) is 3.41. The molecule has 0 heterocycles. The molecular weight excluding hydrogens is 242 g/mol. The molecule has 0 aliphatic rings. The Balaban J connectivity index is 2.85. The van der Waals surface area contributed by atoms with Crippen molar-refractivity contribution in [2.24, 2.45) is 0 Å². The molecule has 86 valence electrons. The van der Waals surface area contributed by atoms with Crippen LogP contribution in [-0.4, -0.2) is 34.4 Å². The van der Waals surface area contributed by atoms with Crippen molar-refractivity contribution in [1.82, 2.24) is 4.90 Å². The van der Waals surface area contributed by atoms with Crippen molar-refractivity contribution >= 4 is 34.3 Å². The SMILES string of the molecule is CN(C)C(=S)S[C@@H](C(=O)O)c1ccccc1. The van der Waals surface area contributed by atoms with Crippen molar-refractivity contribution in [3.05, 3.63) is 35.9 Å². The first-order valence-electron chi connectivity index (χ1n) is 4.68. The van der Waals surface area contributed by atoms with Crippen molar-refractivity contribution in [3.63, 3.8) is 0 Å². The van der Waals surface area contributed by atoms with E-state index in [1.165, 1.54) is 11.8 Å². The number of carboxylic acid groups (broad SMARTS) is 1. The minimum absolute atomic E-state index is 0.566. The van der Waals surface area contributed by atoms with Gasteiger partial charge in [0.15, 0.2) is 0 Å². The number of carboxylic acids is 1. The highest BCUT2D eigenvalue weighted by atomic mass is 32.2. The van der Waals surface area contributed by atoms with Gasteiger partial charge in [-0.2, -0.15) is 0 Å². The molecule has 16 heavy (non-hydrogen) atoms. The van der Waals surface area contributed by atoms with Gasteiger partial charge in [0.2, 0.25) is 0 Å². The zero-order valence-corrected chi connectivity index (χ0v) is 10.7. The lowest BCUT2D eigenvalue weighted by Gasteiger charge is -2.17. The summed E-state index contributed by atoms with van der Waals surface area (Å²) in [6, 6.07) is 9.10. The van der Waals surface area contributed by atoms with Gasteiger partial charge in [-0.15, -0.1) is 0 Å². The molecule has 1 rings (SSSR count). The Morgan fingerprint density at radius 3 is 2.38 bits per heavy atom. The van der Waals surface area contributed by atoms with E-state index in [-0.39, 0.29) is 0 Å². The standard InChI is InChI=1S/C11H13NO2S2/c1-12(2)11(15)16-9(10(13)14)8-6-4-3-5-7-8/h3-7,9H,1-2H3,(H,13,14)/t9-/m1/s1. The largest absolute Gasteiger partial charge is 0.480 e. The lowest BCUT2D eigenvalue weighted by molar-refractivity contribution is -0.136. The molecule has 0 radical (unpaired) electrons. The first-order valence-corrected chi connectivity index (χ1v) is 5.97. The van der Waals surface area contributed by atoms with E-state index >= 15 is 0 Å². The fourth-order valence-electron chi connectivity index (χ4n) is 1.10. The van der Waals surface area contributed by atoms with Crippen LogP contribution in [0.3, 0.4) is 0 Å². The van der Waals surface area contributed by atoms with Gasteiger partial charge in [-0.3, -0.25) is 4.79 Å². The summed E-state index contributed by atoms with van der Waals surface area (Å²) in [6.45, 7) is 0. The summed E-state index contributed by atoms with van der Waals surface area (Å²) in [5, 5.41) is 8.52. The van der Waals surface area contributed by atoms with Crippen LogP contribution in [0.1, 0.15) is 10.8 Å². The van der Waals surface area contributed by atoms with Crippen LogP contribution in [0.2, 0.25) is 0 Å². The number of thiocarbonyl (C=S) groups is 1. The molecule has 0 amide bonds. The molecule has 1 N–H and O–H groups in total.